The third-order valence-corrected chi connectivity index (χ3v) is 7.35. The van der Waals surface area contributed by atoms with Crippen LogP contribution in [0.4, 0.5) is 0 Å². The van der Waals surface area contributed by atoms with E-state index in [-0.39, 0.29) is 5.43 Å². The molecule has 0 spiro atoms. The molecule has 3 aromatic carbocycles. The number of halogens is 1. The van der Waals surface area contributed by atoms with Crippen LogP contribution < -0.4 is 10.2 Å². The van der Waals surface area contributed by atoms with Crippen LogP contribution >= 0.6 is 11.6 Å². The molecule has 0 radical (unpaired) electrons. The van der Waals surface area contributed by atoms with Gasteiger partial charge in [-0.25, -0.2) is 4.98 Å². The summed E-state index contributed by atoms with van der Waals surface area (Å²) in [6, 6.07) is 23.4. The highest BCUT2D eigenvalue weighted by atomic mass is 35.5. The number of fused-ring (bicyclic) bond motifs is 1. The van der Waals surface area contributed by atoms with E-state index in [9.17, 15) is 4.79 Å². The molecular formula is C32H30ClN3O4. The number of aromatic nitrogens is 2. The summed E-state index contributed by atoms with van der Waals surface area (Å²) in [6.07, 6.45) is 4.12. The Bertz CT molecular complexity index is 1640. The first kappa shape index (κ1) is 26.3. The van der Waals surface area contributed by atoms with Crippen LogP contribution in [-0.2, 0) is 17.7 Å². The molecule has 1 fully saturated rings. The molecule has 7 nitrogen and oxygen atoms in total. The Morgan fingerprint density at radius 3 is 2.55 bits per heavy atom. The minimum absolute atomic E-state index is 0.144. The van der Waals surface area contributed by atoms with Gasteiger partial charge >= 0.3 is 0 Å². The van der Waals surface area contributed by atoms with E-state index in [0.717, 1.165) is 49.5 Å². The van der Waals surface area contributed by atoms with Gasteiger partial charge in [-0.05, 0) is 41.5 Å². The molecule has 40 heavy (non-hydrogen) atoms. The Morgan fingerprint density at radius 2 is 1.75 bits per heavy atom. The summed E-state index contributed by atoms with van der Waals surface area (Å²) in [4.78, 5) is 20.6. The lowest BCUT2D eigenvalue weighted by Gasteiger charge is -2.26. The van der Waals surface area contributed by atoms with Crippen molar-refractivity contribution in [2.45, 2.75) is 13.0 Å². The minimum atomic E-state index is -0.144. The lowest BCUT2D eigenvalue weighted by molar-refractivity contribution is 0.0322. The Morgan fingerprint density at radius 1 is 0.950 bits per heavy atom. The van der Waals surface area contributed by atoms with Crippen LogP contribution in [0, 0.1) is 0 Å². The first-order valence-electron chi connectivity index (χ1n) is 13.5. The van der Waals surface area contributed by atoms with Gasteiger partial charge in [-0.3, -0.25) is 9.69 Å². The van der Waals surface area contributed by atoms with Crippen molar-refractivity contribution < 1.29 is 13.9 Å². The fraction of sp³-hybridized carbons (Fsp3) is 0.250. The Balaban J connectivity index is 1.33. The quantitative estimate of drug-likeness (QED) is 0.234. The van der Waals surface area contributed by atoms with Crippen molar-refractivity contribution >= 4 is 22.5 Å². The van der Waals surface area contributed by atoms with E-state index in [4.69, 9.17) is 25.5 Å². The molecule has 0 unspecified atom stereocenters. The lowest BCUT2D eigenvalue weighted by Crippen LogP contribution is -2.38. The summed E-state index contributed by atoms with van der Waals surface area (Å²) < 4.78 is 19.6. The van der Waals surface area contributed by atoms with Crippen LogP contribution in [0.1, 0.15) is 16.9 Å². The predicted octanol–water partition coefficient (Wildman–Crippen LogP) is 5.66. The molecule has 0 bridgehead atoms. The van der Waals surface area contributed by atoms with Gasteiger partial charge in [0.25, 0.3) is 0 Å². The highest BCUT2D eigenvalue weighted by molar-refractivity contribution is 6.30. The number of oxazole rings is 1. The molecule has 1 aliphatic rings. The standard InChI is InChI=1S/C32H30ClN3O4/c33-25-8-6-24(7-9-25)21-36-22-29(32-34-20-27(40-32)18-23-4-2-1-3-5-23)31(37)28-19-26(10-11-30(28)36)39-17-14-35-12-15-38-16-13-35/h1-11,19-20,22H,12-18,21H2. The average molecular weight is 556 g/mol. The second kappa shape index (κ2) is 12.1. The molecule has 8 heteroatoms. The topological polar surface area (TPSA) is 69.7 Å². The Labute approximate surface area is 237 Å². The van der Waals surface area contributed by atoms with Crippen molar-refractivity contribution in [1.29, 1.82) is 0 Å². The number of hydrogen-bond acceptors (Lipinski definition) is 6. The number of ether oxygens (including phenoxy) is 2. The molecular weight excluding hydrogens is 526 g/mol. The monoisotopic (exact) mass is 555 g/mol. The van der Waals surface area contributed by atoms with E-state index in [1.54, 1.807) is 6.20 Å². The molecule has 204 valence electrons. The van der Waals surface area contributed by atoms with E-state index < -0.39 is 0 Å². The first-order chi connectivity index (χ1) is 19.6. The van der Waals surface area contributed by atoms with Crippen molar-refractivity contribution in [3.63, 3.8) is 0 Å². The number of morpholine rings is 1. The van der Waals surface area contributed by atoms with Gasteiger partial charge in [0.1, 0.15) is 23.7 Å². The number of hydrogen-bond donors (Lipinski definition) is 0. The summed E-state index contributed by atoms with van der Waals surface area (Å²) in [7, 11) is 0. The molecule has 5 aromatic rings. The SMILES string of the molecule is O=c1c(-c2ncc(Cc3ccccc3)o2)cn(Cc2ccc(Cl)cc2)c2ccc(OCCN3CCOCC3)cc12. The summed E-state index contributed by atoms with van der Waals surface area (Å²) in [5, 5.41) is 1.23. The molecule has 2 aromatic heterocycles. The Kier molecular flexibility index (Phi) is 7.95. The van der Waals surface area contributed by atoms with Gasteiger partial charge in [-0.15, -0.1) is 0 Å². The molecule has 1 saturated heterocycles. The summed E-state index contributed by atoms with van der Waals surface area (Å²) in [5.41, 5.74) is 3.24. The lowest BCUT2D eigenvalue weighted by atomic mass is 10.1. The molecule has 0 saturated carbocycles. The fourth-order valence-electron chi connectivity index (χ4n) is 4.96. The normalized spacial score (nSPS) is 14.0. The molecule has 3 heterocycles. The average Bonchev–Trinajstić information content (AvgIpc) is 3.45. The smallest absolute Gasteiger partial charge is 0.231 e. The maximum absolute atomic E-state index is 13.8. The van der Waals surface area contributed by atoms with Gasteiger partial charge in [-0.2, -0.15) is 0 Å². The van der Waals surface area contributed by atoms with Crippen molar-refractivity contribution in [3.05, 3.63) is 117 Å². The van der Waals surface area contributed by atoms with E-state index in [2.05, 4.69) is 9.88 Å². The number of pyridine rings is 1. The first-order valence-corrected chi connectivity index (χ1v) is 13.8. The second-order valence-corrected chi connectivity index (χ2v) is 10.3. The zero-order valence-electron chi connectivity index (χ0n) is 22.1. The number of rotatable bonds is 9. The van der Waals surface area contributed by atoms with Crippen molar-refractivity contribution in [2.24, 2.45) is 0 Å². The zero-order chi connectivity index (χ0) is 27.3. The van der Waals surface area contributed by atoms with Crippen molar-refractivity contribution in [1.82, 2.24) is 14.5 Å². The van der Waals surface area contributed by atoms with E-state index in [0.29, 0.717) is 52.9 Å². The molecule has 6 rings (SSSR count). The Hall–Kier alpha value is -3.91. The maximum atomic E-state index is 13.8. The number of benzene rings is 3. The number of nitrogens with zero attached hydrogens (tertiary/aromatic N) is 3. The highest BCUT2D eigenvalue weighted by Gasteiger charge is 2.17. The van der Waals surface area contributed by atoms with Crippen LogP contribution in [0.5, 0.6) is 5.75 Å². The predicted molar refractivity (Wildman–Crippen MR) is 156 cm³/mol. The van der Waals surface area contributed by atoms with Gasteiger partial charge in [0.2, 0.25) is 11.3 Å². The van der Waals surface area contributed by atoms with E-state index in [1.165, 1.54) is 0 Å². The van der Waals surface area contributed by atoms with Crippen molar-refractivity contribution in [3.8, 4) is 17.2 Å². The minimum Gasteiger partial charge on any atom is -0.492 e. The van der Waals surface area contributed by atoms with Gasteiger partial charge in [-0.1, -0.05) is 54.1 Å². The van der Waals surface area contributed by atoms with Gasteiger partial charge in [0, 0.05) is 43.8 Å². The summed E-state index contributed by atoms with van der Waals surface area (Å²) >= 11 is 6.11. The highest BCUT2D eigenvalue weighted by Crippen LogP contribution is 2.25. The zero-order valence-corrected chi connectivity index (χ0v) is 22.8. The molecule has 1 aliphatic heterocycles. The van der Waals surface area contributed by atoms with Gasteiger partial charge in [0.05, 0.1) is 30.3 Å². The largest absolute Gasteiger partial charge is 0.492 e. The summed E-state index contributed by atoms with van der Waals surface area (Å²) in [6.45, 7) is 5.20. The molecule has 0 aliphatic carbocycles. The maximum Gasteiger partial charge on any atom is 0.231 e. The third-order valence-electron chi connectivity index (χ3n) is 7.10. The fourth-order valence-corrected chi connectivity index (χ4v) is 5.09. The van der Waals surface area contributed by atoms with Gasteiger partial charge in [0.15, 0.2) is 0 Å². The van der Waals surface area contributed by atoms with Crippen LogP contribution in [0.2, 0.25) is 5.02 Å². The summed E-state index contributed by atoms with van der Waals surface area (Å²) in [5.74, 6) is 1.66. The van der Waals surface area contributed by atoms with Crippen LogP contribution in [-0.4, -0.2) is 53.9 Å². The van der Waals surface area contributed by atoms with Crippen LogP contribution in [0.3, 0.4) is 0 Å². The second-order valence-electron chi connectivity index (χ2n) is 9.90. The van der Waals surface area contributed by atoms with E-state index in [1.807, 2.05) is 83.6 Å². The third kappa shape index (κ3) is 6.12. The van der Waals surface area contributed by atoms with E-state index >= 15 is 0 Å². The van der Waals surface area contributed by atoms with Crippen molar-refractivity contribution in [2.75, 3.05) is 39.5 Å². The van der Waals surface area contributed by atoms with Crippen LogP contribution in [0.25, 0.3) is 22.4 Å². The molecule has 0 amide bonds. The molecule has 0 N–H and O–H groups in total. The van der Waals surface area contributed by atoms with Crippen LogP contribution in [0.15, 0.2) is 94.4 Å². The van der Waals surface area contributed by atoms with Gasteiger partial charge < -0.3 is 18.5 Å². The molecule has 0 atom stereocenters.